The van der Waals surface area contributed by atoms with Crippen LogP contribution in [0.3, 0.4) is 0 Å². The first-order chi connectivity index (χ1) is 16.3. The molecule has 4 nitrogen and oxygen atoms in total. The summed E-state index contributed by atoms with van der Waals surface area (Å²) in [5.41, 5.74) is 6.34. The number of carbonyl (C=O) groups is 1. The molecule has 1 amide bonds. The fraction of sp³-hybridized carbons (Fsp3) is 0.172. The second-order valence-corrected chi connectivity index (χ2v) is 8.91. The lowest BCUT2D eigenvalue weighted by Crippen LogP contribution is -2.27. The van der Waals surface area contributed by atoms with E-state index in [2.05, 4.69) is 5.32 Å². The Balaban J connectivity index is 2.01. The number of hydrogen-bond donors (Lipinski definition) is 1. The molecule has 0 radical (unpaired) electrons. The van der Waals surface area contributed by atoms with Gasteiger partial charge in [-0.15, -0.1) is 0 Å². The van der Waals surface area contributed by atoms with E-state index in [0.717, 1.165) is 40.2 Å². The molecule has 0 spiro atoms. The molecular formula is C29H27ClN2O2. The molecule has 3 aromatic carbocycles. The fourth-order valence-corrected chi connectivity index (χ4v) is 4.53. The second kappa shape index (κ2) is 9.70. The van der Waals surface area contributed by atoms with Crippen LogP contribution in [0.5, 0.6) is 0 Å². The van der Waals surface area contributed by atoms with Crippen molar-refractivity contribution in [2.24, 2.45) is 0 Å². The van der Waals surface area contributed by atoms with Crippen molar-refractivity contribution in [1.29, 1.82) is 0 Å². The number of nitrogens with zero attached hydrogens (tertiary/aromatic N) is 1. The average molecular weight is 471 g/mol. The van der Waals surface area contributed by atoms with E-state index in [9.17, 15) is 9.59 Å². The van der Waals surface area contributed by atoms with E-state index in [1.807, 2.05) is 86.9 Å². The number of amides is 1. The summed E-state index contributed by atoms with van der Waals surface area (Å²) in [5.74, 6) is -0.439. The minimum atomic E-state index is -0.439. The van der Waals surface area contributed by atoms with Crippen LogP contribution in [0.25, 0.3) is 16.9 Å². The summed E-state index contributed by atoms with van der Waals surface area (Å²) in [7, 11) is 0. The van der Waals surface area contributed by atoms with Crippen molar-refractivity contribution in [3.63, 3.8) is 0 Å². The van der Waals surface area contributed by atoms with Gasteiger partial charge in [-0.05, 0) is 68.1 Å². The summed E-state index contributed by atoms with van der Waals surface area (Å²) in [5, 5.41) is 3.56. The van der Waals surface area contributed by atoms with E-state index in [1.54, 1.807) is 12.1 Å². The summed E-state index contributed by atoms with van der Waals surface area (Å²) in [6.07, 6.45) is 0.764. The maximum Gasteiger partial charge on any atom is 0.261 e. The third-order valence-electron chi connectivity index (χ3n) is 5.96. The summed E-state index contributed by atoms with van der Waals surface area (Å²) in [6.45, 7) is 7.87. The minimum absolute atomic E-state index is 0.0830. The molecule has 0 saturated heterocycles. The molecular weight excluding hydrogens is 444 g/mol. The molecule has 1 heterocycles. The molecule has 172 valence electrons. The quantitative estimate of drug-likeness (QED) is 0.345. The lowest BCUT2D eigenvalue weighted by Gasteiger charge is -2.21. The number of para-hydroxylation sites is 1. The highest BCUT2D eigenvalue weighted by atomic mass is 35.5. The first-order valence-corrected chi connectivity index (χ1v) is 11.7. The van der Waals surface area contributed by atoms with Gasteiger partial charge in [-0.1, -0.05) is 61.0 Å². The number of anilines is 1. The molecule has 0 saturated carbocycles. The Morgan fingerprint density at radius 2 is 1.68 bits per heavy atom. The van der Waals surface area contributed by atoms with Gasteiger partial charge in [-0.25, -0.2) is 0 Å². The van der Waals surface area contributed by atoms with Gasteiger partial charge in [-0.3, -0.25) is 9.59 Å². The van der Waals surface area contributed by atoms with Gasteiger partial charge in [0.25, 0.3) is 5.91 Å². The van der Waals surface area contributed by atoms with Crippen molar-refractivity contribution in [2.45, 2.75) is 34.1 Å². The standard InChI is InChI=1S/C29H27ClN2O2/c1-5-21-11-7-10-19(3)27(21)31-29(34)26-25(33)16-20(4)32(24-14-6-9-18(2)15-24)28(26)22-12-8-13-23(30)17-22/h6-17H,5H2,1-4H3,(H,31,34). The van der Waals surface area contributed by atoms with Crippen LogP contribution < -0.4 is 10.7 Å². The molecule has 1 N–H and O–H groups in total. The van der Waals surface area contributed by atoms with Crippen LogP contribution in [0.15, 0.2) is 77.6 Å². The molecule has 0 aliphatic rings. The molecule has 5 heteroatoms. The molecule has 34 heavy (non-hydrogen) atoms. The number of benzene rings is 3. The highest BCUT2D eigenvalue weighted by molar-refractivity contribution is 6.30. The number of nitrogens with one attached hydrogen (secondary N) is 1. The molecule has 0 atom stereocenters. The number of halogens is 1. The highest BCUT2D eigenvalue weighted by Crippen LogP contribution is 2.30. The fourth-order valence-electron chi connectivity index (χ4n) is 4.34. The topological polar surface area (TPSA) is 51.1 Å². The maximum atomic E-state index is 13.7. The van der Waals surface area contributed by atoms with Crippen molar-refractivity contribution < 1.29 is 4.79 Å². The zero-order valence-electron chi connectivity index (χ0n) is 19.8. The van der Waals surface area contributed by atoms with Crippen molar-refractivity contribution >= 4 is 23.2 Å². The van der Waals surface area contributed by atoms with Crippen LogP contribution in [0.1, 0.15) is 39.7 Å². The Morgan fingerprint density at radius 1 is 0.941 bits per heavy atom. The zero-order chi connectivity index (χ0) is 24.4. The van der Waals surface area contributed by atoms with Crippen molar-refractivity contribution in [3.8, 4) is 16.9 Å². The largest absolute Gasteiger partial charge is 0.321 e. The molecule has 0 aliphatic heterocycles. The van der Waals surface area contributed by atoms with Crippen molar-refractivity contribution in [3.05, 3.63) is 116 Å². The summed E-state index contributed by atoms with van der Waals surface area (Å²) < 4.78 is 1.95. The predicted octanol–water partition coefficient (Wildman–Crippen LogP) is 6.90. The lowest BCUT2D eigenvalue weighted by molar-refractivity contribution is 0.102. The minimum Gasteiger partial charge on any atom is -0.321 e. The first kappa shape index (κ1) is 23.5. The van der Waals surface area contributed by atoms with E-state index in [1.165, 1.54) is 6.07 Å². The maximum absolute atomic E-state index is 13.7. The molecule has 0 fully saturated rings. The van der Waals surface area contributed by atoms with Crippen LogP contribution in [-0.2, 0) is 6.42 Å². The number of pyridine rings is 1. The van der Waals surface area contributed by atoms with E-state index >= 15 is 0 Å². The highest BCUT2D eigenvalue weighted by Gasteiger charge is 2.24. The molecule has 4 rings (SSSR count). The molecule has 1 aromatic heterocycles. The summed E-state index contributed by atoms with van der Waals surface area (Å²) >= 11 is 6.33. The number of aryl methyl sites for hydroxylation is 4. The van der Waals surface area contributed by atoms with Crippen molar-refractivity contribution in [1.82, 2.24) is 4.57 Å². The number of rotatable bonds is 5. The summed E-state index contributed by atoms with van der Waals surface area (Å²) in [6, 6.07) is 22.6. The summed E-state index contributed by atoms with van der Waals surface area (Å²) in [4.78, 5) is 27.1. The van der Waals surface area contributed by atoms with Crippen LogP contribution in [0, 0.1) is 20.8 Å². The van der Waals surface area contributed by atoms with Gasteiger partial charge in [0, 0.05) is 33.7 Å². The van der Waals surface area contributed by atoms with Gasteiger partial charge in [-0.2, -0.15) is 0 Å². The molecule has 0 unspecified atom stereocenters. The zero-order valence-corrected chi connectivity index (χ0v) is 20.5. The smallest absolute Gasteiger partial charge is 0.261 e. The normalized spacial score (nSPS) is 10.9. The Bertz CT molecular complexity index is 1450. The Labute approximate surface area is 204 Å². The third kappa shape index (κ3) is 4.55. The van der Waals surface area contributed by atoms with E-state index in [-0.39, 0.29) is 11.0 Å². The number of carbonyl (C=O) groups excluding carboxylic acids is 1. The van der Waals surface area contributed by atoms with Crippen molar-refractivity contribution in [2.75, 3.05) is 5.32 Å². The predicted molar refractivity (Wildman–Crippen MR) is 140 cm³/mol. The number of hydrogen-bond acceptors (Lipinski definition) is 2. The van der Waals surface area contributed by atoms with Gasteiger partial charge >= 0.3 is 0 Å². The van der Waals surface area contributed by atoms with E-state index in [0.29, 0.717) is 16.3 Å². The van der Waals surface area contributed by atoms with Gasteiger partial charge in [0.15, 0.2) is 5.43 Å². The first-order valence-electron chi connectivity index (χ1n) is 11.3. The van der Waals surface area contributed by atoms with E-state index in [4.69, 9.17) is 11.6 Å². The van der Waals surface area contributed by atoms with Gasteiger partial charge in [0.1, 0.15) is 5.56 Å². The van der Waals surface area contributed by atoms with Gasteiger partial charge < -0.3 is 9.88 Å². The van der Waals surface area contributed by atoms with Crippen LogP contribution >= 0.6 is 11.6 Å². The third-order valence-corrected chi connectivity index (χ3v) is 6.20. The molecule has 4 aromatic rings. The Kier molecular flexibility index (Phi) is 6.71. The second-order valence-electron chi connectivity index (χ2n) is 8.48. The van der Waals surface area contributed by atoms with Crippen LogP contribution in [0.2, 0.25) is 5.02 Å². The van der Waals surface area contributed by atoms with Gasteiger partial charge in [0.2, 0.25) is 0 Å². The van der Waals surface area contributed by atoms with Gasteiger partial charge in [0.05, 0.1) is 5.69 Å². The average Bonchev–Trinajstić information content (AvgIpc) is 2.79. The number of aromatic nitrogens is 1. The molecule has 0 bridgehead atoms. The Hall–Kier alpha value is -3.63. The monoisotopic (exact) mass is 470 g/mol. The molecule has 0 aliphatic carbocycles. The van der Waals surface area contributed by atoms with Crippen LogP contribution in [-0.4, -0.2) is 10.5 Å². The lowest BCUT2D eigenvalue weighted by atomic mass is 10.0. The Morgan fingerprint density at radius 3 is 2.38 bits per heavy atom. The SMILES string of the molecule is CCc1cccc(C)c1NC(=O)c1c(-c2cccc(Cl)c2)n(-c2cccc(C)c2)c(C)cc1=O. The van der Waals surface area contributed by atoms with E-state index < -0.39 is 5.91 Å². The van der Waals surface area contributed by atoms with Crippen LogP contribution in [0.4, 0.5) is 5.69 Å².